The molecule has 1 aliphatic rings. The molecule has 134 valence electrons. The number of nitrogens with zero attached hydrogens (tertiary/aromatic N) is 2. The highest BCUT2D eigenvalue weighted by atomic mass is 32.2. The molecule has 1 fully saturated rings. The van der Waals surface area contributed by atoms with Crippen LogP contribution in [0.3, 0.4) is 0 Å². The maximum absolute atomic E-state index is 12.8. The van der Waals surface area contributed by atoms with E-state index in [9.17, 15) is 8.42 Å². The molecule has 0 unspecified atom stereocenters. The summed E-state index contributed by atoms with van der Waals surface area (Å²) in [6.07, 6.45) is 0. The Balaban J connectivity index is 1.63. The van der Waals surface area contributed by atoms with Crippen molar-refractivity contribution in [2.24, 2.45) is 0 Å². The zero-order chi connectivity index (χ0) is 17.9. The van der Waals surface area contributed by atoms with Crippen LogP contribution in [0.2, 0.25) is 0 Å². The molecule has 0 spiro atoms. The summed E-state index contributed by atoms with van der Waals surface area (Å²) < 4.78 is 27.3. The van der Waals surface area contributed by atoms with E-state index in [0.717, 1.165) is 25.2 Å². The molecule has 2 aromatic carbocycles. The molecule has 0 aliphatic carbocycles. The van der Waals surface area contributed by atoms with Gasteiger partial charge in [-0.3, -0.25) is 4.90 Å². The predicted octanol–water partition coefficient (Wildman–Crippen LogP) is 3.32. The molecule has 1 aliphatic heterocycles. The second-order valence-electron chi connectivity index (χ2n) is 6.89. The minimum atomic E-state index is -3.39. The summed E-state index contributed by atoms with van der Waals surface area (Å²) in [5.41, 5.74) is 2.43. The monoisotopic (exact) mass is 358 g/mol. The molecule has 0 radical (unpaired) electrons. The van der Waals surface area contributed by atoms with Crippen LogP contribution in [-0.4, -0.2) is 43.8 Å². The van der Waals surface area contributed by atoms with Crippen LogP contribution in [0.25, 0.3) is 0 Å². The predicted molar refractivity (Wildman–Crippen MR) is 101 cm³/mol. The largest absolute Gasteiger partial charge is 0.296 e. The molecule has 5 heteroatoms. The van der Waals surface area contributed by atoms with Gasteiger partial charge in [0.2, 0.25) is 10.0 Å². The Morgan fingerprint density at radius 2 is 1.48 bits per heavy atom. The van der Waals surface area contributed by atoms with E-state index >= 15 is 0 Å². The third kappa shape index (κ3) is 4.29. The molecule has 2 aromatic rings. The smallest absolute Gasteiger partial charge is 0.243 e. The van der Waals surface area contributed by atoms with Gasteiger partial charge in [0.15, 0.2) is 0 Å². The van der Waals surface area contributed by atoms with Crippen LogP contribution < -0.4 is 0 Å². The third-order valence-electron chi connectivity index (χ3n) is 4.76. The number of benzene rings is 2. The molecule has 0 aromatic heterocycles. The number of rotatable bonds is 5. The fourth-order valence-electron chi connectivity index (χ4n) is 3.14. The van der Waals surface area contributed by atoms with Gasteiger partial charge in [-0.05, 0) is 29.2 Å². The second kappa shape index (κ2) is 7.68. The summed E-state index contributed by atoms with van der Waals surface area (Å²) in [5, 5.41) is 0. The Bertz CT molecular complexity index is 778. The van der Waals surface area contributed by atoms with Gasteiger partial charge < -0.3 is 0 Å². The first-order valence-electron chi connectivity index (χ1n) is 8.83. The number of sulfonamides is 1. The number of hydrogen-bond donors (Lipinski definition) is 0. The normalized spacial score (nSPS) is 17.1. The first kappa shape index (κ1) is 18.1. The van der Waals surface area contributed by atoms with Crippen molar-refractivity contribution in [2.45, 2.75) is 31.2 Å². The van der Waals surface area contributed by atoms with Gasteiger partial charge in [0, 0.05) is 32.7 Å². The van der Waals surface area contributed by atoms with Crippen molar-refractivity contribution in [2.75, 3.05) is 26.2 Å². The fraction of sp³-hybridized carbons (Fsp3) is 0.400. The van der Waals surface area contributed by atoms with Crippen LogP contribution >= 0.6 is 0 Å². The van der Waals surface area contributed by atoms with E-state index in [1.54, 1.807) is 16.4 Å². The summed E-state index contributed by atoms with van der Waals surface area (Å²) in [4.78, 5) is 2.71. The summed E-state index contributed by atoms with van der Waals surface area (Å²) >= 11 is 0. The highest BCUT2D eigenvalue weighted by molar-refractivity contribution is 7.89. The molecule has 0 N–H and O–H groups in total. The van der Waals surface area contributed by atoms with Gasteiger partial charge in [-0.1, -0.05) is 56.3 Å². The van der Waals surface area contributed by atoms with E-state index in [1.807, 2.05) is 30.3 Å². The summed E-state index contributed by atoms with van der Waals surface area (Å²) in [5.74, 6) is 0.401. The third-order valence-corrected chi connectivity index (χ3v) is 6.68. The number of hydrogen-bond acceptors (Lipinski definition) is 3. The Morgan fingerprint density at radius 1 is 0.880 bits per heavy atom. The highest BCUT2D eigenvalue weighted by Crippen LogP contribution is 2.21. The van der Waals surface area contributed by atoms with E-state index in [1.165, 1.54) is 5.56 Å². The van der Waals surface area contributed by atoms with Crippen molar-refractivity contribution in [3.63, 3.8) is 0 Å². The lowest BCUT2D eigenvalue weighted by molar-refractivity contribution is 0.181. The maximum Gasteiger partial charge on any atom is 0.243 e. The van der Waals surface area contributed by atoms with Crippen molar-refractivity contribution in [1.29, 1.82) is 0 Å². The van der Waals surface area contributed by atoms with Crippen molar-refractivity contribution >= 4 is 10.0 Å². The van der Waals surface area contributed by atoms with E-state index in [0.29, 0.717) is 23.9 Å². The summed E-state index contributed by atoms with van der Waals surface area (Å²) in [6.45, 7) is 7.70. The van der Waals surface area contributed by atoms with Gasteiger partial charge in [0.1, 0.15) is 0 Å². The van der Waals surface area contributed by atoms with Gasteiger partial charge in [-0.2, -0.15) is 4.31 Å². The molecule has 0 atom stereocenters. The Morgan fingerprint density at radius 3 is 2.04 bits per heavy atom. The molecular weight excluding hydrogens is 332 g/mol. The standard InChI is InChI=1S/C20H26N2O2S/c1-17(2)19-8-10-20(11-9-19)25(23,24)22-14-12-21(13-15-22)16-18-6-4-3-5-7-18/h3-11,17H,12-16H2,1-2H3. The lowest BCUT2D eigenvalue weighted by Crippen LogP contribution is -2.48. The van der Waals surface area contributed by atoms with Gasteiger partial charge in [0.05, 0.1) is 4.90 Å². The minimum absolute atomic E-state index is 0.397. The van der Waals surface area contributed by atoms with Gasteiger partial charge in [0.25, 0.3) is 0 Å². The Kier molecular flexibility index (Phi) is 5.57. The van der Waals surface area contributed by atoms with Crippen molar-refractivity contribution in [1.82, 2.24) is 9.21 Å². The molecule has 3 rings (SSSR count). The van der Waals surface area contributed by atoms with Crippen LogP contribution in [0, 0.1) is 0 Å². The average molecular weight is 359 g/mol. The molecule has 1 heterocycles. The molecule has 1 saturated heterocycles. The van der Waals surface area contributed by atoms with E-state index in [4.69, 9.17) is 0 Å². The molecule has 0 saturated carbocycles. The average Bonchev–Trinajstić information content (AvgIpc) is 2.63. The van der Waals surface area contributed by atoms with Crippen molar-refractivity contribution in [3.05, 3.63) is 65.7 Å². The van der Waals surface area contributed by atoms with Gasteiger partial charge >= 0.3 is 0 Å². The van der Waals surface area contributed by atoms with E-state index in [-0.39, 0.29) is 0 Å². The maximum atomic E-state index is 12.8. The Labute approximate surface area is 151 Å². The van der Waals surface area contributed by atoms with Crippen molar-refractivity contribution < 1.29 is 8.42 Å². The van der Waals surface area contributed by atoms with Crippen LogP contribution in [-0.2, 0) is 16.6 Å². The number of piperazine rings is 1. The minimum Gasteiger partial charge on any atom is -0.296 e. The van der Waals surface area contributed by atoms with E-state index < -0.39 is 10.0 Å². The summed E-state index contributed by atoms with van der Waals surface area (Å²) in [7, 11) is -3.39. The topological polar surface area (TPSA) is 40.6 Å². The first-order valence-corrected chi connectivity index (χ1v) is 10.3. The molecule has 0 amide bonds. The zero-order valence-electron chi connectivity index (χ0n) is 14.9. The molecular formula is C20H26N2O2S. The first-order chi connectivity index (χ1) is 12.0. The van der Waals surface area contributed by atoms with Gasteiger partial charge in [-0.25, -0.2) is 8.42 Å². The Hall–Kier alpha value is -1.69. The molecule has 25 heavy (non-hydrogen) atoms. The van der Waals surface area contributed by atoms with Crippen LogP contribution in [0.4, 0.5) is 0 Å². The summed E-state index contributed by atoms with van der Waals surface area (Å²) in [6, 6.07) is 17.6. The zero-order valence-corrected chi connectivity index (χ0v) is 15.7. The van der Waals surface area contributed by atoms with Gasteiger partial charge in [-0.15, -0.1) is 0 Å². The van der Waals surface area contributed by atoms with E-state index in [2.05, 4.69) is 30.9 Å². The fourth-order valence-corrected chi connectivity index (χ4v) is 4.57. The lowest BCUT2D eigenvalue weighted by Gasteiger charge is -2.34. The molecule has 4 nitrogen and oxygen atoms in total. The quantitative estimate of drug-likeness (QED) is 0.823. The molecule has 0 bridgehead atoms. The van der Waals surface area contributed by atoms with Crippen LogP contribution in [0.1, 0.15) is 30.9 Å². The lowest BCUT2D eigenvalue weighted by atomic mass is 10.0. The van der Waals surface area contributed by atoms with Crippen LogP contribution in [0.15, 0.2) is 59.5 Å². The SMILES string of the molecule is CC(C)c1ccc(S(=O)(=O)N2CCN(Cc3ccccc3)CC2)cc1. The second-order valence-corrected chi connectivity index (χ2v) is 8.83. The highest BCUT2D eigenvalue weighted by Gasteiger charge is 2.28. The van der Waals surface area contributed by atoms with Crippen LogP contribution in [0.5, 0.6) is 0 Å². The van der Waals surface area contributed by atoms with Crippen molar-refractivity contribution in [3.8, 4) is 0 Å².